The quantitative estimate of drug-likeness (QED) is 0.690. The second-order valence-electron chi connectivity index (χ2n) is 4.45. The third-order valence-corrected chi connectivity index (χ3v) is 3.91. The van der Waals surface area contributed by atoms with Crippen molar-refractivity contribution in [3.8, 4) is 0 Å². The van der Waals surface area contributed by atoms with Gasteiger partial charge in [-0.15, -0.1) is 0 Å². The maximum Gasteiger partial charge on any atom is 0.348 e. The summed E-state index contributed by atoms with van der Waals surface area (Å²) in [4.78, 5) is 24.0. The van der Waals surface area contributed by atoms with Crippen LogP contribution in [0.15, 0.2) is 62.4 Å². The SMILES string of the molecule is O=C(SCCc1ccco1)c1cc2ccccc2oc1=O. The Labute approximate surface area is 124 Å². The van der Waals surface area contributed by atoms with Crippen molar-refractivity contribution in [1.29, 1.82) is 0 Å². The second-order valence-corrected chi connectivity index (χ2v) is 5.52. The number of aryl methyl sites for hydroxylation is 1. The van der Waals surface area contributed by atoms with Gasteiger partial charge in [-0.2, -0.15) is 0 Å². The third kappa shape index (κ3) is 3.08. The summed E-state index contributed by atoms with van der Waals surface area (Å²) in [6.07, 6.45) is 2.24. The van der Waals surface area contributed by atoms with E-state index in [1.54, 1.807) is 30.5 Å². The van der Waals surface area contributed by atoms with E-state index in [4.69, 9.17) is 8.83 Å². The number of hydrogen-bond donors (Lipinski definition) is 0. The summed E-state index contributed by atoms with van der Waals surface area (Å²) in [5, 5.41) is 0.466. The summed E-state index contributed by atoms with van der Waals surface area (Å²) >= 11 is 1.09. The molecule has 0 spiro atoms. The number of furan rings is 1. The summed E-state index contributed by atoms with van der Waals surface area (Å²) in [7, 11) is 0. The predicted octanol–water partition coefficient (Wildman–Crippen LogP) is 3.50. The van der Waals surface area contributed by atoms with Crippen molar-refractivity contribution in [1.82, 2.24) is 0 Å². The molecule has 0 aliphatic rings. The van der Waals surface area contributed by atoms with Crippen molar-refractivity contribution < 1.29 is 13.6 Å². The minimum atomic E-state index is -0.593. The second kappa shape index (κ2) is 6.01. The van der Waals surface area contributed by atoms with Gasteiger partial charge in [-0.3, -0.25) is 4.79 Å². The number of carbonyl (C=O) groups excluding carboxylic acids is 1. The van der Waals surface area contributed by atoms with Gasteiger partial charge in [0.2, 0.25) is 5.12 Å². The summed E-state index contributed by atoms with van der Waals surface area (Å²) in [5.74, 6) is 1.37. The molecule has 2 heterocycles. The van der Waals surface area contributed by atoms with E-state index in [2.05, 4.69) is 0 Å². The zero-order valence-corrected chi connectivity index (χ0v) is 11.9. The molecule has 0 saturated heterocycles. The predicted molar refractivity (Wildman–Crippen MR) is 81.7 cm³/mol. The standard InChI is InChI=1S/C16H12O4S/c17-15-13(10-11-4-1-2-6-14(11)20-15)16(18)21-9-7-12-5-3-8-19-12/h1-6,8,10H,7,9H2. The lowest BCUT2D eigenvalue weighted by Gasteiger charge is -2.01. The van der Waals surface area contributed by atoms with E-state index in [1.807, 2.05) is 18.2 Å². The largest absolute Gasteiger partial charge is 0.469 e. The van der Waals surface area contributed by atoms with Crippen LogP contribution < -0.4 is 5.63 Å². The van der Waals surface area contributed by atoms with Gasteiger partial charge in [0.25, 0.3) is 0 Å². The highest BCUT2D eigenvalue weighted by atomic mass is 32.2. The average Bonchev–Trinajstić information content (AvgIpc) is 2.99. The van der Waals surface area contributed by atoms with Gasteiger partial charge in [0.1, 0.15) is 16.9 Å². The van der Waals surface area contributed by atoms with Gasteiger partial charge in [0, 0.05) is 17.6 Å². The summed E-state index contributed by atoms with van der Waals surface area (Å²) in [5.41, 5.74) is -0.0259. The molecule has 0 saturated carbocycles. The molecule has 0 amide bonds. The molecule has 5 heteroatoms. The van der Waals surface area contributed by atoms with Crippen LogP contribution in [-0.2, 0) is 6.42 Å². The van der Waals surface area contributed by atoms with Crippen molar-refractivity contribution in [2.24, 2.45) is 0 Å². The van der Waals surface area contributed by atoms with Crippen molar-refractivity contribution >= 4 is 27.8 Å². The van der Waals surface area contributed by atoms with E-state index >= 15 is 0 Å². The molecule has 0 aliphatic carbocycles. The molecule has 0 aliphatic heterocycles. The Bertz CT molecular complexity index is 818. The molecule has 4 nitrogen and oxygen atoms in total. The number of benzene rings is 1. The zero-order chi connectivity index (χ0) is 14.7. The van der Waals surface area contributed by atoms with E-state index in [0.717, 1.165) is 22.9 Å². The average molecular weight is 300 g/mol. The fourth-order valence-electron chi connectivity index (χ4n) is 1.98. The lowest BCUT2D eigenvalue weighted by Crippen LogP contribution is -2.12. The molecule has 1 aromatic carbocycles. The van der Waals surface area contributed by atoms with Crippen LogP contribution in [0, 0.1) is 0 Å². The van der Waals surface area contributed by atoms with Gasteiger partial charge < -0.3 is 8.83 Å². The van der Waals surface area contributed by atoms with Crippen molar-refractivity contribution in [2.75, 3.05) is 5.75 Å². The molecule has 3 rings (SSSR count). The maximum absolute atomic E-state index is 12.1. The van der Waals surface area contributed by atoms with Crippen LogP contribution >= 0.6 is 11.8 Å². The summed E-state index contributed by atoms with van der Waals surface area (Å²) < 4.78 is 10.4. The number of thioether (sulfide) groups is 1. The molecular formula is C16H12O4S. The number of hydrogen-bond acceptors (Lipinski definition) is 5. The van der Waals surface area contributed by atoms with Crippen molar-refractivity contribution in [3.05, 3.63) is 70.5 Å². The lowest BCUT2D eigenvalue weighted by molar-refractivity contribution is 0.108. The monoisotopic (exact) mass is 300 g/mol. The van der Waals surface area contributed by atoms with E-state index in [-0.39, 0.29) is 10.7 Å². The van der Waals surface area contributed by atoms with Gasteiger partial charge in [-0.25, -0.2) is 4.79 Å². The molecule has 21 heavy (non-hydrogen) atoms. The third-order valence-electron chi connectivity index (χ3n) is 3.02. The van der Waals surface area contributed by atoms with Crippen molar-refractivity contribution in [3.63, 3.8) is 0 Å². The Balaban J connectivity index is 1.75. The topological polar surface area (TPSA) is 60.4 Å². The van der Waals surface area contributed by atoms with Crippen molar-refractivity contribution in [2.45, 2.75) is 6.42 Å². The Kier molecular flexibility index (Phi) is 3.92. The number of rotatable bonds is 4. The molecular weight excluding hydrogens is 288 g/mol. The first kappa shape index (κ1) is 13.7. The maximum atomic E-state index is 12.1. The van der Waals surface area contributed by atoms with E-state index < -0.39 is 5.63 Å². The molecule has 106 valence electrons. The Morgan fingerprint density at radius 3 is 2.81 bits per heavy atom. The fourth-order valence-corrected chi connectivity index (χ4v) is 2.77. The van der Waals surface area contributed by atoms with Crippen LogP contribution in [0.3, 0.4) is 0 Å². The van der Waals surface area contributed by atoms with Gasteiger partial charge in [-0.1, -0.05) is 30.0 Å². The van der Waals surface area contributed by atoms with Crippen LogP contribution in [0.4, 0.5) is 0 Å². The normalized spacial score (nSPS) is 10.9. The molecule has 0 atom stereocenters. The minimum absolute atomic E-state index is 0.0816. The van der Waals surface area contributed by atoms with Crippen LogP contribution in [0.5, 0.6) is 0 Å². The molecule has 0 N–H and O–H groups in total. The van der Waals surface area contributed by atoms with Gasteiger partial charge in [-0.05, 0) is 24.3 Å². The zero-order valence-electron chi connectivity index (χ0n) is 11.1. The highest BCUT2D eigenvalue weighted by Gasteiger charge is 2.14. The Hall–Kier alpha value is -2.27. The van der Waals surface area contributed by atoms with E-state index in [1.165, 1.54) is 0 Å². The first-order chi connectivity index (χ1) is 10.2. The minimum Gasteiger partial charge on any atom is -0.469 e. The fraction of sp³-hybridized carbons (Fsp3) is 0.125. The molecule has 0 unspecified atom stereocenters. The van der Waals surface area contributed by atoms with Gasteiger partial charge >= 0.3 is 5.63 Å². The summed E-state index contributed by atoms with van der Waals surface area (Å²) in [6.45, 7) is 0. The Morgan fingerprint density at radius 2 is 2.00 bits per heavy atom. The van der Waals surface area contributed by atoms with Gasteiger partial charge in [0.15, 0.2) is 0 Å². The number of fused-ring (bicyclic) bond motifs is 1. The molecule has 0 radical (unpaired) electrons. The highest BCUT2D eigenvalue weighted by molar-refractivity contribution is 8.14. The van der Waals surface area contributed by atoms with Crippen LogP contribution in [0.1, 0.15) is 16.1 Å². The molecule has 0 fully saturated rings. The van der Waals surface area contributed by atoms with Gasteiger partial charge in [0.05, 0.1) is 6.26 Å². The molecule has 3 aromatic rings. The first-order valence-electron chi connectivity index (χ1n) is 6.46. The van der Waals surface area contributed by atoms with E-state index in [0.29, 0.717) is 17.8 Å². The van der Waals surface area contributed by atoms with Crippen LogP contribution in [0.25, 0.3) is 11.0 Å². The highest BCUT2D eigenvalue weighted by Crippen LogP contribution is 2.17. The van der Waals surface area contributed by atoms with Crippen LogP contribution in [-0.4, -0.2) is 10.9 Å². The van der Waals surface area contributed by atoms with Crippen LogP contribution in [0.2, 0.25) is 0 Å². The Morgan fingerprint density at radius 1 is 1.14 bits per heavy atom. The van der Waals surface area contributed by atoms with E-state index in [9.17, 15) is 9.59 Å². The first-order valence-corrected chi connectivity index (χ1v) is 7.45. The number of para-hydroxylation sites is 1. The smallest absolute Gasteiger partial charge is 0.348 e. The molecule has 2 aromatic heterocycles. The lowest BCUT2D eigenvalue weighted by atomic mass is 10.2. The molecule has 0 bridgehead atoms. The number of carbonyl (C=O) groups is 1. The summed E-state index contributed by atoms with van der Waals surface area (Å²) in [6, 6.07) is 12.4.